The monoisotopic (exact) mass is 194 g/mol. The molecule has 0 N–H and O–H groups in total. The molecular formula is C10H9FNO2. The Morgan fingerprint density at radius 3 is 2.93 bits per heavy atom. The van der Waals surface area contributed by atoms with Crippen molar-refractivity contribution in [2.45, 2.75) is 6.04 Å². The second kappa shape index (κ2) is 4.09. The minimum absolute atomic E-state index is 0.0000491. The summed E-state index contributed by atoms with van der Waals surface area (Å²) in [6.07, 6.45) is 2.40. The lowest BCUT2D eigenvalue weighted by Crippen LogP contribution is -2.16. The summed E-state index contributed by atoms with van der Waals surface area (Å²) in [6.45, 7) is 0.930. The minimum atomic E-state index is -0.270. The van der Waals surface area contributed by atoms with Crippen molar-refractivity contribution in [2.24, 2.45) is 4.99 Å². The highest BCUT2D eigenvalue weighted by molar-refractivity contribution is 5.48. The number of hydrogen-bond acceptors (Lipinski definition) is 3. The zero-order valence-corrected chi connectivity index (χ0v) is 7.44. The smallest absolute Gasteiger partial charge is 0.273 e. The van der Waals surface area contributed by atoms with E-state index in [0.717, 1.165) is 0 Å². The minimum Gasteiger partial charge on any atom is -0.491 e. The van der Waals surface area contributed by atoms with E-state index in [9.17, 15) is 4.39 Å². The van der Waals surface area contributed by atoms with Crippen LogP contribution in [0.25, 0.3) is 0 Å². The van der Waals surface area contributed by atoms with Crippen molar-refractivity contribution >= 4 is 6.40 Å². The number of halogens is 1. The highest BCUT2D eigenvalue weighted by Crippen LogP contribution is 2.12. The summed E-state index contributed by atoms with van der Waals surface area (Å²) < 4.78 is 22.7. The molecule has 0 bridgehead atoms. The summed E-state index contributed by atoms with van der Waals surface area (Å²) in [5.41, 5.74) is 0. The molecule has 0 aromatic heterocycles. The summed E-state index contributed by atoms with van der Waals surface area (Å²) in [7, 11) is 0. The van der Waals surface area contributed by atoms with Gasteiger partial charge >= 0.3 is 0 Å². The van der Waals surface area contributed by atoms with Crippen LogP contribution in [0.5, 0.6) is 5.75 Å². The Hall–Kier alpha value is -1.58. The molecule has 1 atom stereocenters. The molecule has 2 rings (SSSR count). The van der Waals surface area contributed by atoms with Gasteiger partial charge in [-0.2, -0.15) is 0 Å². The summed E-state index contributed by atoms with van der Waals surface area (Å²) in [5, 5.41) is 0. The Morgan fingerprint density at radius 1 is 1.50 bits per heavy atom. The number of ether oxygens (including phenoxy) is 2. The van der Waals surface area contributed by atoms with Crippen LogP contribution in [0.2, 0.25) is 0 Å². The van der Waals surface area contributed by atoms with E-state index in [-0.39, 0.29) is 11.9 Å². The van der Waals surface area contributed by atoms with Crippen LogP contribution in [0.4, 0.5) is 4.39 Å². The average Bonchev–Trinajstić information content (AvgIpc) is 2.70. The summed E-state index contributed by atoms with van der Waals surface area (Å²) in [4.78, 5) is 3.90. The molecule has 1 unspecified atom stereocenters. The maximum Gasteiger partial charge on any atom is 0.273 e. The quantitative estimate of drug-likeness (QED) is 0.730. The molecule has 1 heterocycles. The van der Waals surface area contributed by atoms with Gasteiger partial charge in [-0.1, -0.05) is 0 Å². The fraction of sp³-hybridized carbons (Fsp3) is 0.300. The SMILES string of the molecule is Fc1ccc(OCC2CO[C]=N2)cc1. The molecule has 0 saturated carbocycles. The van der Waals surface area contributed by atoms with Crippen LogP contribution < -0.4 is 4.74 Å². The summed E-state index contributed by atoms with van der Waals surface area (Å²) in [5.74, 6) is 0.362. The molecule has 73 valence electrons. The van der Waals surface area contributed by atoms with Gasteiger partial charge in [-0.3, -0.25) is 0 Å². The van der Waals surface area contributed by atoms with Gasteiger partial charge in [0.15, 0.2) is 0 Å². The van der Waals surface area contributed by atoms with Gasteiger partial charge in [-0.25, -0.2) is 9.38 Å². The van der Waals surface area contributed by atoms with Crippen molar-refractivity contribution in [3.63, 3.8) is 0 Å². The third-order valence-corrected chi connectivity index (χ3v) is 1.83. The molecule has 1 aliphatic heterocycles. The Labute approximate surface area is 81.2 Å². The van der Waals surface area contributed by atoms with Crippen LogP contribution in [-0.4, -0.2) is 25.7 Å². The van der Waals surface area contributed by atoms with Gasteiger partial charge in [0.25, 0.3) is 6.40 Å². The molecule has 1 radical (unpaired) electrons. The first-order chi connectivity index (χ1) is 6.84. The summed E-state index contributed by atoms with van der Waals surface area (Å²) in [6, 6.07) is 5.88. The van der Waals surface area contributed by atoms with E-state index in [1.807, 2.05) is 0 Å². The third kappa shape index (κ3) is 2.22. The normalized spacial score (nSPS) is 19.4. The van der Waals surface area contributed by atoms with Crippen LogP contribution >= 0.6 is 0 Å². The van der Waals surface area contributed by atoms with Crippen LogP contribution in [0.1, 0.15) is 0 Å². The fourth-order valence-corrected chi connectivity index (χ4v) is 1.09. The Morgan fingerprint density at radius 2 is 2.29 bits per heavy atom. The molecular weight excluding hydrogens is 185 g/mol. The lowest BCUT2D eigenvalue weighted by atomic mass is 10.3. The number of benzene rings is 1. The number of rotatable bonds is 3. The molecule has 1 aromatic carbocycles. The van der Waals surface area contributed by atoms with Crippen molar-refractivity contribution in [3.05, 3.63) is 30.1 Å². The van der Waals surface area contributed by atoms with Gasteiger partial charge in [0, 0.05) is 0 Å². The predicted molar refractivity (Wildman–Crippen MR) is 49.1 cm³/mol. The highest BCUT2D eigenvalue weighted by Gasteiger charge is 2.12. The fourth-order valence-electron chi connectivity index (χ4n) is 1.09. The lowest BCUT2D eigenvalue weighted by Gasteiger charge is -2.08. The Bertz CT molecular complexity index is 323. The molecule has 0 spiro atoms. The van der Waals surface area contributed by atoms with Crippen LogP contribution in [0.15, 0.2) is 29.3 Å². The average molecular weight is 194 g/mol. The van der Waals surface area contributed by atoms with E-state index in [1.54, 1.807) is 12.1 Å². The van der Waals surface area contributed by atoms with E-state index in [0.29, 0.717) is 19.0 Å². The summed E-state index contributed by atoms with van der Waals surface area (Å²) >= 11 is 0. The van der Waals surface area contributed by atoms with Crippen molar-refractivity contribution in [1.29, 1.82) is 0 Å². The highest BCUT2D eigenvalue weighted by atomic mass is 19.1. The zero-order valence-electron chi connectivity index (χ0n) is 7.44. The van der Waals surface area contributed by atoms with Crippen molar-refractivity contribution < 1.29 is 13.9 Å². The number of hydrogen-bond donors (Lipinski definition) is 0. The Kier molecular flexibility index (Phi) is 2.62. The first-order valence-corrected chi connectivity index (χ1v) is 4.29. The van der Waals surface area contributed by atoms with E-state index >= 15 is 0 Å². The van der Waals surface area contributed by atoms with Crippen molar-refractivity contribution in [1.82, 2.24) is 0 Å². The predicted octanol–water partition coefficient (Wildman–Crippen LogP) is 1.51. The van der Waals surface area contributed by atoms with Crippen molar-refractivity contribution in [2.75, 3.05) is 13.2 Å². The molecule has 4 heteroatoms. The van der Waals surface area contributed by atoms with E-state index in [2.05, 4.69) is 11.4 Å². The van der Waals surface area contributed by atoms with Gasteiger partial charge in [-0.05, 0) is 24.3 Å². The maximum absolute atomic E-state index is 12.5. The maximum atomic E-state index is 12.5. The first-order valence-electron chi connectivity index (χ1n) is 4.29. The molecule has 14 heavy (non-hydrogen) atoms. The zero-order chi connectivity index (χ0) is 9.80. The van der Waals surface area contributed by atoms with Gasteiger partial charge in [0.1, 0.15) is 30.8 Å². The van der Waals surface area contributed by atoms with Gasteiger partial charge in [-0.15, -0.1) is 0 Å². The largest absolute Gasteiger partial charge is 0.491 e. The third-order valence-electron chi connectivity index (χ3n) is 1.83. The molecule has 0 fully saturated rings. The second-order valence-corrected chi connectivity index (χ2v) is 2.95. The first kappa shape index (κ1) is 8.99. The molecule has 0 aliphatic carbocycles. The molecule has 1 aliphatic rings. The van der Waals surface area contributed by atoms with Crippen LogP contribution in [0, 0.1) is 5.82 Å². The van der Waals surface area contributed by atoms with Crippen molar-refractivity contribution in [3.8, 4) is 5.75 Å². The topological polar surface area (TPSA) is 30.8 Å². The Balaban J connectivity index is 1.85. The standard InChI is InChI=1S/C10H9FNO2/c11-8-1-3-10(4-2-8)14-6-9-5-13-7-12-9/h1-4,9H,5-6H2. The van der Waals surface area contributed by atoms with Crippen LogP contribution in [0.3, 0.4) is 0 Å². The lowest BCUT2D eigenvalue weighted by molar-refractivity contribution is 0.245. The van der Waals surface area contributed by atoms with Gasteiger partial charge in [0.05, 0.1) is 0 Å². The van der Waals surface area contributed by atoms with Gasteiger partial charge < -0.3 is 9.47 Å². The van der Waals surface area contributed by atoms with E-state index < -0.39 is 0 Å². The van der Waals surface area contributed by atoms with Crippen LogP contribution in [-0.2, 0) is 4.74 Å². The molecule has 3 nitrogen and oxygen atoms in total. The van der Waals surface area contributed by atoms with E-state index in [1.165, 1.54) is 12.1 Å². The molecule has 1 aromatic rings. The van der Waals surface area contributed by atoms with Gasteiger partial charge in [0.2, 0.25) is 0 Å². The van der Waals surface area contributed by atoms with E-state index in [4.69, 9.17) is 9.47 Å². The molecule has 0 amide bonds. The number of nitrogens with zero attached hydrogens (tertiary/aromatic N) is 1. The second-order valence-electron chi connectivity index (χ2n) is 2.95. The number of aliphatic imine (C=N–C) groups is 1. The molecule has 0 saturated heterocycles.